The Hall–Kier alpha value is -2.42. The number of rotatable bonds is 2. The van der Waals surface area contributed by atoms with Gasteiger partial charge in [0.15, 0.2) is 0 Å². The van der Waals surface area contributed by atoms with Crippen LogP contribution in [-0.4, -0.2) is 22.8 Å². The van der Waals surface area contributed by atoms with Gasteiger partial charge in [0.2, 0.25) is 11.8 Å². The molecule has 0 radical (unpaired) electrons. The number of carbonyl (C=O) groups excluding carboxylic acids is 2. The monoisotopic (exact) mass is 244 g/mol. The highest BCUT2D eigenvalue weighted by atomic mass is 16.2. The van der Waals surface area contributed by atoms with E-state index in [-0.39, 0.29) is 11.8 Å². The number of imide groups is 1. The smallest absolute Gasteiger partial charge is 0.249 e. The van der Waals surface area contributed by atoms with Gasteiger partial charge in [-0.1, -0.05) is 0 Å². The van der Waals surface area contributed by atoms with Crippen LogP contribution in [-0.2, 0) is 9.59 Å². The second-order valence-corrected chi connectivity index (χ2v) is 4.14. The number of hydrogen-bond donors (Lipinski definition) is 2. The van der Waals surface area contributed by atoms with E-state index in [4.69, 9.17) is 5.26 Å². The Kier molecular flexibility index (Phi) is 3.24. The highest BCUT2D eigenvalue weighted by molar-refractivity contribution is 6.01. The lowest BCUT2D eigenvalue weighted by Gasteiger charge is -2.22. The van der Waals surface area contributed by atoms with Gasteiger partial charge in [-0.25, -0.2) is 4.98 Å². The molecule has 2 heterocycles. The summed E-state index contributed by atoms with van der Waals surface area (Å²) in [5.74, 6) is -0.137. The van der Waals surface area contributed by atoms with E-state index in [1.807, 2.05) is 6.07 Å². The molecular weight excluding hydrogens is 232 g/mol. The van der Waals surface area contributed by atoms with E-state index < -0.39 is 6.04 Å². The van der Waals surface area contributed by atoms with Crippen LogP contribution in [0, 0.1) is 18.3 Å². The van der Waals surface area contributed by atoms with Crippen LogP contribution in [0.15, 0.2) is 12.1 Å². The van der Waals surface area contributed by atoms with E-state index in [0.717, 1.165) is 0 Å². The third-order valence-corrected chi connectivity index (χ3v) is 2.64. The fourth-order valence-corrected chi connectivity index (χ4v) is 1.82. The molecule has 0 aromatic carbocycles. The molecule has 1 unspecified atom stereocenters. The van der Waals surface area contributed by atoms with Gasteiger partial charge < -0.3 is 5.32 Å². The van der Waals surface area contributed by atoms with Crippen LogP contribution in [0.25, 0.3) is 0 Å². The first-order chi connectivity index (χ1) is 8.58. The van der Waals surface area contributed by atoms with Crippen molar-refractivity contribution in [2.24, 2.45) is 0 Å². The normalized spacial score (nSPS) is 19.0. The van der Waals surface area contributed by atoms with Crippen LogP contribution < -0.4 is 10.6 Å². The molecule has 0 bridgehead atoms. The number of amides is 2. The van der Waals surface area contributed by atoms with Crippen LogP contribution >= 0.6 is 0 Å². The van der Waals surface area contributed by atoms with Crippen molar-refractivity contribution in [2.45, 2.75) is 25.8 Å². The van der Waals surface area contributed by atoms with Crippen LogP contribution in [0.1, 0.15) is 24.1 Å². The highest BCUT2D eigenvalue weighted by Crippen LogP contribution is 2.14. The van der Waals surface area contributed by atoms with Crippen molar-refractivity contribution in [1.82, 2.24) is 10.3 Å². The number of aromatic nitrogens is 1. The summed E-state index contributed by atoms with van der Waals surface area (Å²) < 4.78 is 0. The average Bonchev–Trinajstić information content (AvgIpc) is 2.32. The van der Waals surface area contributed by atoms with Crippen molar-refractivity contribution in [2.75, 3.05) is 5.32 Å². The SMILES string of the molecule is Cc1cc(C#N)cc(NC2CCC(=O)NC2=O)n1. The second-order valence-electron chi connectivity index (χ2n) is 4.14. The van der Waals surface area contributed by atoms with E-state index >= 15 is 0 Å². The molecule has 18 heavy (non-hydrogen) atoms. The fraction of sp³-hybridized carbons (Fsp3) is 0.333. The number of nitrogens with zero attached hydrogens (tertiary/aromatic N) is 2. The van der Waals surface area contributed by atoms with Crippen molar-refractivity contribution >= 4 is 17.6 Å². The maximum absolute atomic E-state index is 11.6. The molecule has 92 valence electrons. The lowest BCUT2D eigenvalue weighted by molar-refractivity contribution is -0.133. The quantitative estimate of drug-likeness (QED) is 0.738. The molecule has 2 N–H and O–H groups in total. The number of pyridine rings is 1. The van der Waals surface area contributed by atoms with Gasteiger partial charge >= 0.3 is 0 Å². The van der Waals surface area contributed by atoms with Crippen molar-refractivity contribution < 1.29 is 9.59 Å². The summed E-state index contributed by atoms with van der Waals surface area (Å²) in [4.78, 5) is 26.8. The van der Waals surface area contributed by atoms with Crippen LogP contribution in [0.4, 0.5) is 5.82 Å². The molecule has 0 spiro atoms. The molecule has 1 fully saturated rings. The molecular formula is C12H12N4O2. The molecule has 6 nitrogen and oxygen atoms in total. The van der Waals surface area contributed by atoms with Crippen molar-refractivity contribution in [3.63, 3.8) is 0 Å². The topological polar surface area (TPSA) is 94.9 Å². The summed E-state index contributed by atoms with van der Waals surface area (Å²) in [6.07, 6.45) is 0.739. The van der Waals surface area contributed by atoms with E-state index in [1.54, 1.807) is 19.1 Å². The minimum atomic E-state index is -0.483. The first-order valence-electron chi connectivity index (χ1n) is 5.57. The molecule has 0 aliphatic carbocycles. The molecule has 1 saturated heterocycles. The van der Waals surface area contributed by atoms with Gasteiger partial charge in [0.05, 0.1) is 11.6 Å². The van der Waals surface area contributed by atoms with Crippen molar-refractivity contribution in [3.05, 3.63) is 23.4 Å². The number of piperidine rings is 1. The van der Waals surface area contributed by atoms with Gasteiger partial charge in [-0.2, -0.15) is 5.26 Å². The van der Waals surface area contributed by atoms with Gasteiger partial charge in [-0.3, -0.25) is 14.9 Å². The Labute approximate surface area is 104 Å². The summed E-state index contributed by atoms with van der Waals surface area (Å²) in [6.45, 7) is 1.77. The number of hydrogen-bond acceptors (Lipinski definition) is 5. The first kappa shape index (κ1) is 12.0. The molecule has 1 aliphatic rings. The Morgan fingerprint density at radius 1 is 1.50 bits per heavy atom. The van der Waals surface area contributed by atoms with E-state index in [9.17, 15) is 9.59 Å². The molecule has 2 amide bonds. The summed E-state index contributed by atoms with van der Waals surface area (Å²) >= 11 is 0. The second kappa shape index (κ2) is 4.84. The predicted octanol–water partition coefficient (Wildman–Crippen LogP) is 0.479. The predicted molar refractivity (Wildman–Crippen MR) is 63.5 cm³/mol. The Morgan fingerprint density at radius 3 is 2.94 bits per heavy atom. The number of aryl methyl sites for hydroxylation is 1. The van der Waals surface area contributed by atoms with E-state index in [2.05, 4.69) is 15.6 Å². The Morgan fingerprint density at radius 2 is 2.28 bits per heavy atom. The molecule has 1 aromatic heterocycles. The molecule has 1 aliphatic heterocycles. The third-order valence-electron chi connectivity index (χ3n) is 2.64. The van der Waals surface area contributed by atoms with E-state index in [1.165, 1.54) is 0 Å². The number of carbonyl (C=O) groups is 2. The molecule has 1 atom stereocenters. The Balaban J connectivity index is 2.14. The number of nitriles is 1. The van der Waals surface area contributed by atoms with Crippen LogP contribution in [0.2, 0.25) is 0 Å². The summed E-state index contributed by atoms with van der Waals surface area (Å²) in [5.41, 5.74) is 1.18. The maximum Gasteiger partial charge on any atom is 0.249 e. The standard InChI is InChI=1S/C12H12N4O2/c1-7-4-8(6-13)5-10(14-7)15-9-2-3-11(17)16-12(9)18/h4-5,9H,2-3H2,1H3,(H,14,15)(H,16,17,18). The lowest BCUT2D eigenvalue weighted by Crippen LogP contribution is -2.47. The summed E-state index contributed by atoms with van der Waals surface area (Å²) in [7, 11) is 0. The third kappa shape index (κ3) is 2.63. The zero-order valence-electron chi connectivity index (χ0n) is 9.86. The molecule has 1 aromatic rings. The minimum absolute atomic E-state index is 0.257. The van der Waals surface area contributed by atoms with Crippen LogP contribution in [0.3, 0.4) is 0 Å². The molecule has 2 rings (SSSR count). The Bertz CT molecular complexity index is 547. The minimum Gasteiger partial charge on any atom is -0.358 e. The number of nitrogens with one attached hydrogen (secondary N) is 2. The van der Waals surface area contributed by atoms with Gasteiger partial charge in [-0.15, -0.1) is 0 Å². The van der Waals surface area contributed by atoms with Gasteiger partial charge in [0.1, 0.15) is 11.9 Å². The average molecular weight is 244 g/mol. The van der Waals surface area contributed by atoms with E-state index in [0.29, 0.717) is 29.9 Å². The number of anilines is 1. The lowest BCUT2D eigenvalue weighted by atomic mass is 10.1. The largest absolute Gasteiger partial charge is 0.358 e. The van der Waals surface area contributed by atoms with Gasteiger partial charge in [0, 0.05) is 12.1 Å². The first-order valence-corrected chi connectivity index (χ1v) is 5.57. The molecule has 6 heteroatoms. The summed E-state index contributed by atoms with van der Waals surface area (Å²) in [6, 6.07) is 4.79. The molecule has 0 saturated carbocycles. The van der Waals surface area contributed by atoms with Gasteiger partial charge in [-0.05, 0) is 25.5 Å². The zero-order chi connectivity index (χ0) is 13.1. The highest BCUT2D eigenvalue weighted by Gasteiger charge is 2.26. The summed E-state index contributed by atoms with van der Waals surface area (Å²) in [5, 5.41) is 14.0. The van der Waals surface area contributed by atoms with Crippen molar-refractivity contribution in [1.29, 1.82) is 5.26 Å². The van der Waals surface area contributed by atoms with Gasteiger partial charge in [0.25, 0.3) is 0 Å². The van der Waals surface area contributed by atoms with Crippen molar-refractivity contribution in [3.8, 4) is 6.07 Å². The zero-order valence-corrected chi connectivity index (χ0v) is 9.86. The van der Waals surface area contributed by atoms with Crippen LogP contribution in [0.5, 0.6) is 0 Å². The fourth-order valence-electron chi connectivity index (χ4n) is 1.82. The maximum atomic E-state index is 11.6.